The molecule has 0 radical (unpaired) electrons. The van der Waals surface area contributed by atoms with Gasteiger partial charge in [0.15, 0.2) is 0 Å². The van der Waals surface area contributed by atoms with E-state index in [0.29, 0.717) is 12.3 Å². The van der Waals surface area contributed by atoms with Crippen molar-refractivity contribution in [3.8, 4) is 11.1 Å². The smallest absolute Gasteiger partial charge is 0.309 e. The molecule has 3 rings (SSSR count). The van der Waals surface area contributed by atoms with Crippen LogP contribution in [0.2, 0.25) is 0 Å². The zero-order valence-electron chi connectivity index (χ0n) is 12.1. The number of furan rings is 1. The van der Waals surface area contributed by atoms with Crippen LogP contribution < -0.4 is 10.6 Å². The fourth-order valence-electron chi connectivity index (χ4n) is 1.96. The second-order valence-corrected chi connectivity index (χ2v) is 6.53. The third-order valence-corrected chi connectivity index (χ3v) is 4.76. The number of carbonyl (C=O) groups is 2. The minimum Gasteiger partial charge on any atom is -0.467 e. The van der Waals surface area contributed by atoms with Crippen LogP contribution in [0.25, 0.3) is 11.1 Å². The van der Waals surface area contributed by atoms with Gasteiger partial charge in [0, 0.05) is 4.88 Å². The number of hydrogen-bond acceptors (Lipinski definition) is 5. The molecule has 3 aromatic heterocycles. The Morgan fingerprint density at radius 1 is 1.04 bits per heavy atom. The Morgan fingerprint density at radius 3 is 2.57 bits per heavy atom. The number of rotatable bonds is 5. The first kappa shape index (κ1) is 15.5. The Morgan fingerprint density at radius 2 is 1.87 bits per heavy atom. The molecule has 3 aromatic rings. The second-order valence-electron chi connectivity index (χ2n) is 4.76. The van der Waals surface area contributed by atoms with Crippen molar-refractivity contribution < 1.29 is 14.0 Å². The van der Waals surface area contributed by atoms with E-state index < -0.39 is 11.8 Å². The maximum absolute atomic E-state index is 11.8. The Bertz CT molecular complexity index is 776. The topological polar surface area (TPSA) is 71.3 Å². The molecule has 5 nitrogen and oxygen atoms in total. The van der Waals surface area contributed by atoms with Crippen molar-refractivity contribution in [3.05, 3.63) is 57.3 Å². The summed E-state index contributed by atoms with van der Waals surface area (Å²) in [4.78, 5) is 24.5. The zero-order chi connectivity index (χ0) is 16.1. The van der Waals surface area contributed by atoms with Gasteiger partial charge >= 0.3 is 11.8 Å². The summed E-state index contributed by atoms with van der Waals surface area (Å²) in [6, 6.07) is 7.53. The number of thiophene rings is 2. The Hall–Kier alpha value is -2.38. The summed E-state index contributed by atoms with van der Waals surface area (Å²) in [6.07, 6.45) is 1.52. The molecule has 118 valence electrons. The Kier molecular flexibility index (Phi) is 4.89. The molecule has 0 saturated heterocycles. The first-order valence-corrected chi connectivity index (χ1v) is 8.73. The summed E-state index contributed by atoms with van der Waals surface area (Å²) in [5.74, 6) is -0.720. The fourth-order valence-corrected chi connectivity index (χ4v) is 3.46. The highest BCUT2D eigenvalue weighted by Gasteiger charge is 2.13. The van der Waals surface area contributed by atoms with Crippen molar-refractivity contribution in [1.29, 1.82) is 0 Å². The highest BCUT2D eigenvalue weighted by molar-refractivity contribution is 7.10. The van der Waals surface area contributed by atoms with Crippen LogP contribution in [0.1, 0.15) is 10.6 Å². The standard InChI is InChI=1S/C16H14N2O3S2/c19-15(17-7-13-2-1-4-21-13)16(20)18-8-14-6-12(10-23-14)11-3-5-22-9-11/h1-6,9-10H,7-8H2,(H,17,19)(H,18,20). The SMILES string of the molecule is O=C(NCc1ccco1)C(=O)NCc1cc(-c2ccsc2)cs1. The predicted octanol–water partition coefficient (Wildman–Crippen LogP) is 3.00. The average Bonchev–Trinajstić information content (AvgIpc) is 3.32. The van der Waals surface area contributed by atoms with Gasteiger partial charge in [-0.2, -0.15) is 11.3 Å². The van der Waals surface area contributed by atoms with Crippen molar-refractivity contribution in [1.82, 2.24) is 10.6 Å². The van der Waals surface area contributed by atoms with Crippen LogP contribution in [0.5, 0.6) is 0 Å². The summed E-state index contributed by atoms with van der Waals surface area (Å²) < 4.78 is 5.09. The van der Waals surface area contributed by atoms with E-state index >= 15 is 0 Å². The number of amides is 2. The van der Waals surface area contributed by atoms with Crippen LogP contribution in [0.4, 0.5) is 0 Å². The zero-order valence-corrected chi connectivity index (χ0v) is 13.7. The molecule has 0 aliphatic carbocycles. The van der Waals surface area contributed by atoms with Crippen LogP contribution in [0.15, 0.2) is 51.1 Å². The Balaban J connectivity index is 1.48. The lowest BCUT2D eigenvalue weighted by Gasteiger charge is -2.04. The normalized spacial score (nSPS) is 10.4. The van der Waals surface area contributed by atoms with Gasteiger partial charge in [-0.15, -0.1) is 11.3 Å². The van der Waals surface area contributed by atoms with Gasteiger partial charge in [0.1, 0.15) is 5.76 Å². The van der Waals surface area contributed by atoms with Gasteiger partial charge in [0.2, 0.25) is 0 Å². The van der Waals surface area contributed by atoms with E-state index in [4.69, 9.17) is 4.42 Å². The van der Waals surface area contributed by atoms with Crippen LogP contribution in [0.3, 0.4) is 0 Å². The molecule has 0 fully saturated rings. The van der Waals surface area contributed by atoms with Crippen LogP contribution in [-0.2, 0) is 22.7 Å². The fraction of sp³-hybridized carbons (Fsp3) is 0.125. The average molecular weight is 346 g/mol. The van der Waals surface area contributed by atoms with E-state index in [-0.39, 0.29) is 6.54 Å². The van der Waals surface area contributed by atoms with Gasteiger partial charge in [-0.25, -0.2) is 0 Å². The summed E-state index contributed by atoms with van der Waals surface area (Å²) in [7, 11) is 0. The predicted molar refractivity (Wildman–Crippen MR) is 90.0 cm³/mol. The molecule has 0 aliphatic heterocycles. The molecule has 0 aliphatic rings. The molecule has 23 heavy (non-hydrogen) atoms. The maximum Gasteiger partial charge on any atom is 0.309 e. The van der Waals surface area contributed by atoms with Gasteiger partial charge in [0.05, 0.1) is 19.4 Å². The largest absolute Gasteiger partial charge is 0.467 e. The molecule has 2 amide bonds. The van der Waals surface area contributed by atoms with Crippen molar-refractivity contribution in [2.45, 2.75) is 13.1 Å². The minimum absolute atomic E-state index is 0.195. The highest BCUT2D eigenvalue weighted by Crippen LogP contribution is 2.27. The molecule has 0 aromatic carbocycles. The summed E-state index contributed by atoms with van der Waals surface area (Å²) in [5.41, 5.74) is 2.29. The van der Waals surface area contributed by atoms with Crippen LogP contribution >= 0.6 is 22.7 Å². The lowest BCUT2D eigenvalue weighted by molar-refractivity contribution is -0.139. The summed E-state index contributed by atoms with van der Waals surface area (Å²) in [6.45, 7) is 0.530. The third kappa shape index (κ3) is 4.08. The Labute approximate surface area is 141 Å². The van der Waals surface area contributed by atoms with Crippen LogP contribution in [0, 0.1) is 0 Å². The van der Waals surface area contributed by atoms with Crippen molar-refractivity contribution in [3.63, 3.8) is 0 Å². The minimum atomic E-state index is -0.670. The van der Waals surface area contributed by atoms with Gasteiger partial charge in [0.25, 0.3) is 0 Å². The van der Waals surface area contributed by atoms with Gasteiger partial charge in [-0.05, 0) is 51.5 Å². The van der Waals surface area contributed by atoms with Gasteiger partial charge in [-0.1, -0.05) is 0 Å². The molecule has 2 N–H and O–H groups in total. The number of nitrogens with one attached hydrogen (secondary N) is 2. The molecule has 0 unspecified atom stereocenters. The van der Waals surface area contributed by atoms with Crippen molar-refractivity contribution >= 4 is 34.5 Å². The van der Waals surface area contributed by atoms with E-state index in [0.717, 1.165) is 10.4 Å². The third-order valence-electron chi connectivity index (χ3n) is 3.14. The van der Waals surface area contributed by atoms with Gasteiger partial charge < -0.3 is 15.1 Å². The number of hydrogen-bond donors (Lipinski definition) is 2. The molecule has 0 saturated carbocycles. The molecule has 7 heteroatoms. The molecule has 0 bridgehead atoms. The maximum atomic E-state index is 11.8. The first-order chi connectivity index (χ1) is 11.2. The highest BCUT2D eigenvalue weighted by atomic mass is 32.1. The van der Waals surface area contributed by atoms with Crippen molar-refractivity contribution in [2.24, 2.45) is 0 Å². The molecular weight excluding hydrogens is 332 g/mol. The summed E-state index contributed by atoms with van der Waals surface area (Å²) in [5, 5.41) is 11.3. The summed E-state index contributed by atoms with van der Waals surface area (Å²) >= 11 is 3.20. The van der Waals surface area contributed by atoms with Crippen LogP contribution in [-0.4, -0.2) is 11.8 Å². The van der Waals surface area contributed by atoms with E-state index in [2.05, 4.69) is 22.1 Å². The lowest BCUT2D eigenvalue weighted by Crippen LogP contribution is -2.39. The second kappa shape index (κ2) is 7.26. The molecular formula is C16H14N2O3S2. The van der Waals surface area contributed by atoms with E-state index in [1.807, 2.05) is 16.8 Å². The van der Waals surface area contributed by atoms with Crippen molar-refractivity contribution in [2.75, 3.05) is 0 Å². The molecule has 3 heterocycles. The monoisotopic (exact) mass is 346 g/mol. The quantitative estimate of drug-likeness (QED) is 0.698. The van der Waals surface area contributed by atoms with E-state index in [9.17, 15) is 9.59 Å². The molecule has 0 spiro atoms. The van der Waals surface area contributed by atoms with E-state index in [1.54, 1.807) is 34.8 Å². The number of carbonyl (C=O) groups excluding carboxylic acids is 2. The van der Waals surface area contributed by atoms with E-state index in [1.165, 1.54) is 11.8 Å². The lowest BCUT2D eigenvalue weighted by atomic mass is 10.2. The first-order valence-electron chi connectivity index (χ1n) is 6.91. The molecule has 0 atom stereocenters. The van der Waals surface area contributed by atoms with Gasteiger partial charge in [-0.3, -0.25) is 9.59 Å².